The quantitative estimate of drug-likeness (QED) is 0.0164. The van der Waals surface area contributed by atoms with Gasteiger partial charge in [0.25, 0.3) is 5.91 Å². The maximum absolute atomic E-state index is 15.3. The highest BCUT2D eigenvalue weighted by molar-refractivity contribution is 8.01. The van der Waals surface area contributed by atoms with Crippen LogP contribution in [0.4, 0.5) is 10.9 Å². The summed E-state index contributed by atoms with van der Waals surface area (Å²) >= 11 is 2.50. The number of carbonyl (C=O) groups excluding carboxylic acids is 4. The summed E-state index contributed by atoms with van der Waals surface area (Å²) in [6.45, 7) is -0.483. The number of aromatic nitrogens is 4. The second kappa shape index (κ2) is 24.2. The topological polar surface area (TPSA) is 205 Å². The molecule has 1 fully saturated rings. The molecule has 0 saturated carbocycles. The van der Waals surface area contributed by atoms with Crippen molar-refractivity contribution in [3.8, 4) is 5.75 Å². The normalized spacial score (nSPS) is 15.8. The van der Waals surface area contributed by atoms with Crippen molar-refractivity contribution in [3.63, 3.8) is 0 Å². The Hall–Kier alpha value is -8.86. The third-order valence-electron chi connectivity index (χ3n) is 13.9. The van der Waals surface area contributed by atoms with Crippen LogP contribution in [0.25, 0.3) is 5.65 Å². The number of nitrogen functional groups attached to an aromatic ring is 1. The first kappa shape index (κ1) is 55.5. The predicted octanol–water partition coefficient (Wildman–Crippen LogP) is 5.93. The van der Waals surface area contributed by atoms with Gasteiger partial charge in [0.15, 0.2) is 21.7 Å². The Morgan fingerprint density at radius 3 is 1.95 bits per heavy atom. The van der Waals surface area contributed by atoms with Crippen LogP contribution in [-0.4, -0.2) is 69.1 Å². The van der Waals surface area contributed by atoms with Crippen molar-refractivity contribution in [2.45, 2.75) is 41.5 Å². The Bertz CT molecular complexity index is 3640. The standard InChI is InChI=1S/C61H51N9O8S2.HI/c1-75-46-30-28-40(29-31-46)38-77-58(74)54-48(37-68-36-47(56(62)70-51(68)32-33-63-70)57(73)78-55(41-18-8-3-9-19-41)42-20-10-4-11-21-42)61(66-50(71)35-64-76-2,80-53-34-52(72)69(53)54)49-39-79-59(65-49)67-60(43-22-12-5-13-23-43,44-24-14-6-15-25-44)45-26-16-7-17-27-45;/h3-33,35-36,39,53,55,62H,34,37-38H2,1-2H3,(H2,65,66,67,71);1H/t53-,61?;/m0./s1. The predicted molar refractivity (Wildman–Crippen MR) is 303 cm³/mol. The van der Waals surface area contributed by atoms with E-state index in [2.05, 4.69) is 57.3 Å². The summed E-state index contributed by atoms with van der Waals surface area (Å²) in [7, 11) is 2.87. The summed E-state index contributed by atoms with van der Waals surface area (Å²) in [5.41, 5.74) is 11.3. The minimum Gasteiger partial charge on any atom is -1.00 e. The Morgan fingerprint density at radius 2 is 1.40 bits per heavy atom. The van der Waals surface area contributed by atoms with Gasteiger partial charge in [-0.1, -0.05) is 190 Å². The van der Waals surface area contributed by atoms with Crippen LogP contribution in [0.3, 0.4) is 0 Å². The van der Waals surface area contributed by atoms with E-state index in [-0.39, 0.29) is 72.1 Å². The molecule has 3 aromatic heterocycles. The molecule has 0 spiro atoms. The fraction of sp³-hybridized carbons (Fsp3) is 0.148. The summed E-state index contributed by atoms with van der Waals surface area (Å²) < 4.78 is 21.0. The molecular formula is C61H52IN9O8S2. The Kier molecular flexibility index (Phi) is 16.6. The molecule has 1 unspecified atom stereocenters. The van der Waals surface area contributed by atoms with Gasteiger partial charge < -0.3 is 59.4 Å². The van der Waals surface area contributed by atoms with Crippen LogP contribution >= 0.6 is 23.1 Å². The maximum Gasteiger partial charge on any atom is 0.355 e. The number of hydrogen-bond acceptors (Lipinski definition) is 15. The number of methoxy groups -OCH3 is 1. The van der Waals surface area contributed by atoms with Crippen LogP contribution in [-0.2, 0) is 52.3 Å². The Morgan fingerprint density at radius 1 is 0.815 bits per heavy atom. The first-order valence-corrected chi connectivity index (χ1v) is 27.2. The fourth-order valence-electron chi connectivity index (χ4n) is 10.1. The number of β-lactam (4-membered cyclic amide) rings is 1. The molecule has 17 nitrogen and oxygen atoms in total. The van der Waals surface area contributed by atoms with Gasteiger partial charge in [0, 0.05) is 11.0 Å². The summed E-state index contributed by atoms with van der Waals surface area (Å²) in [5, 5.41) is 17.0. The number of rotatable bonds is 19. The highest BCUT2D eigenvalue weighted by Gasteiger charge is 2.58. The number of thiazole rings is 1. The van der Waals surface area contributed by atoms with Gasteiger partial charge in [-0.3, -0.25) is 14.5 Å². The van der Waals surface area contributed by atoms with Gasteiger partial charge in [-0.05, 0) is 45.5 Å². The second-order valence-electron chi connectivity index (χ2n) is 18.7. The highest BCUT2D eigenvalue weighted by atomic mass is 127. The number of thioether (sulfide) groups is 1. The number of hydrogen-bond donors (Lipinski definition) is 3. The molecule has 20 heteroatoms. The lowest BCUT2D eigenvalue weighted by atomic mass is 9.77. The third-order valence-corrected chi connectivity index (χ3v) is 16.2. The molecule has 1 saturated heterocycles. The SMILES string of the molecule is CON=CC(=O)NC1(c2csc(NC(c3ccccc3)(c3ccccc3)c3ccccc3)n2)S[C@H]2CC(=O)N2C(C(=O)OCc2ccc(OC)cc2)=C1C[n+]1cc(C(=O)OC(c2ccccc2)c2ccccc2)c(N)n2nccc21.[I-]. The zero-order chi connectivity index (χ0) is 55.2. The van der Waals surface area contributed by atoms with Gasteiger partial charge in [-0.15, -0.1) is 11.3 Å². The molecule has 2 amide bonds. The van der Waals surface area contributed by atoms with E-state index in [0.717, 1.165) is 34.0 Å². The average Bonchev–Trinajstić information content (AvgIpc) is 4.36. The molecule has 0 bridgehead atoms. The zero-order valence-corrected chi connectivity index (χ0v) is 47.4. The largest absolute Gasteiger partial charge is 1.00 e. The van der Waals surface area contributed by atoms with E-state index in [1.807, 2.05) is 121 Å². The molecule has 5 heterocycles. The van der Waals surface area contributed by atoms with Gasteiger partial charge >= 0.3 is 17.6 Å². The Labute approximate surface area is 491 Å². The van der Waals surface area contributed by atoms with Crippen molar-refractivity contribution in [2.75, 3.05) is 25.3 Å². The number of benzene rings is 6. The van der Waals surface area contributed by atoms with E-state index < -0.39 is 39.7 Å². The molecule has 2 aliphatic rings. The Balaban J connectivity index is 0.00000736. The van der Waals surface area contributed by atoms with Crippen molar-refractivity contribution in [1.82, 2.24) is 24.8 Å². The van der Waals surface area contributed by atoms with Crippen molar-refractivity contribution < 1.29 is 66.8 Å². The molecular weight excluding hydrogens is 1180 g/mol. The number of esters is 2. The molecule has 81 heavy (non-hydrogen) atoms. The monoisotopic (exact) mass is 1230 g/mol. The molecule has 2 aliphatic heterocycles. The minimum absolute atomic E-state index is 0. The molecule has 11 rings (SSSR count). The first-order valence-electron chi connectivity index (χ1n) is 25.4. The average molecular weight is 1230 g/mol. The summed E-state index contributed by atoms with van der Waals surface area (Å²) in [5.74, 6) is -2.13. The summed E-state index contributed by atoms with van der Waals surface area (Å²) in [6.07, 6.45) is 3.19. The van der Waals surface area contributed by atoms with Crippen LogP contribution in [0.2, 0.25) is 0 Å². The number of fused-ring (bicyclic) bond motifs is 2. The molecule has 0 aliphatic carbocycles. The minimum atomic E-state index is -1.78. The van der Waals surface area contributed by atoms with Crippen molar-refractivity contribution in [1.29, 1.82) is 0 Å². The van der Waals surface area contributed by atoms with Gasteiger partial charge in [-0.25, -0.2) is 19.1 Å². The van der Waals surface area contributed by atoms with Crippen LogP contribution in [0.15, 0.2) is 216 Å². The number of nitrogens with two attached hydrogens (primary N) is 1. The molecule has 4 N–H and O–H groups in total. The van der Waals surface area contributed by atoms with Gasteiger partial charge in [0.05, 0.1) is 36.9 Å². The number of ether oxygens (including phenoxy) is 3. The molecule has 2 atom stereocenters. The van der Waals surface area contributed by atoms with E-state index in [0.29, 0.717) is 27.8 Å². The molecule has 6 aromatic carbocycles. The smallest absolute Gasteiger partial charge is 0.355 e. The molecule has 408 valence electrons. The van der Waals surface area contributed by atoms with Crippen molar-refractivity contribution >= 4 is 69.7 Å². The maximum atomic E-state index is 15.3. The van der Waals surface area contributed by atoms with E-state index >= 15 is 4.79 Å². The van der Waals surface area contributed by atoms with Crippen molar-refractivity contribution in [3.05, 3.63) is 256 Å². The fourth-order valence-corrected chi connectivity index (χ4v) is 12.7. The number of halogens is 1. The molecule has 0 radical (unpaired) electrons. The molecule has 9 aromatic rings. The summed E-state index contributed by atoms with van der Waals surface area (Å²) in [6, 6.07) is 57.5. The lowest BCUT2D eigenvalue weighted by Gasteiger charge is -2.51. The van der Waals surface area contributed by atoms with Gasteiger partial charge in [-0.2, -0.15) is 0 Å². The lowest BCUT2D eigenvalue weighted by Crippen LogP contribution is -3.00. The van der Waals surface area contributed by atoms with Crippen LogP contribution in [0.1, 0.15) is 62.0 Å². The number of anilines is 2. The van der Waals surface area contributed by atoms with Crippen LogP contribution in [0, 0.1) is 0 Å². The van der Waals surface area contributed by atoms with E-state index in [1.54, 1.807) is 42.0 Å². The zero-order valence-electron chi connectivity index (χ0n) is 43.6. The van der Waals surface area contributed by atoms with Crippen LogP contribution < -0.4 is 49.6 Å². The second-order valence-corrected chi connectivity index (χ2v) is 20.9. The summed E-state index contributed by atoms with van der Waals surface area (Å²) in [4.78, 5) is 68.7. The van der Waals surface area contributed by atoms with Gasteiger partial charge in [0.2, 0.25) is 11.7 Å². The van der Waals surface area contributed by atoms with Gasteiger partial charge in [0.1, 0.15) is 49.7 Å². The van der Waals surface area contributed by atoms with E-state index in [9.17, 15) is 14.4 Å². The highest BCUT2D eigenvalue weighted by Crippen LogP contribution is 2.55. The number of amides is 2. The van der Waals surface area contributed by atoms with E-state index in [4.69, 9.17) is 29.8 Å². The number of nitrogens with one attached hydrogen (secondary N) is 2. The number of carbonyl (C=O) groups is 4. The van der Waals surface area contributed by atoms with E-state index in [1.165, 1.54) is 52.0 Å². The third kappa shape index (κ3) is 11.0. The lowest BCUT2D eigenvalue weighted by molar-refractivity contribution is -0.667. The van der Waals surface area contributed by atoms with Crippen molar-refractivity contribution in [2.24, 2.45) is 5.16 Å². The number of oxime groups is 1. The first-order chi connectivity index (χ1) is 39.1. The van der Waals surface area contributed by atoms with Crippen LogP contribution in [0.5, 0.6) is 5.75 Å². The number of nitrogens with zero attached hydrogens (tertiary/aromatic N) is 6.